The molecule has 0 radical (unpaired) electrons. The number of nitrogens with one attached hydrogen (secondary N) is 1. The normalized spacial score (nSPS) is 18.8. The Morgan fingerprint density at radius 2 is 2.04 bits per heavy atom. The number of hydrogen-bond acceptors (Lipinski definition) is 7. The van der Waals surface area contributed by atoms with Gasteiger partial charge in [-0.3, -0.25) is 4.79 Å². The fraction of sp³-hybridized carbons (Fsp3) is 0.722. The van der Waals surface area contributed by atoms with Crippen LogP contribution in [0.15, 0.2) is 12.5 Å². The average Bonchev–Trinajstić information content (AvgIpc) is 2.72. The Morgan fingerprint density at radius 1 is 1.27 bits per heavy atom. The first-order chi connectivity index (χ1) is 12.8. The van der Waals surface area contributed by atoms with Gasteiger partial charge >= 0.3 is 0 Å². The van der Waals surface area contributed by atoms with Gasteiger partial charge in [0.1, 0.15) is 6.33 Å². The molecule has 0 atom stereocenters. The van der Waals surface area contributed by atoms with Gasteiger partial charge in [0.15, 0.2) is 5.82 Å². The van der Waals surface area contributed by atoms with Gasteiger partial charge in [-0.2, -0.15) is 0 Å². The largest absolute Gasteiger partial charge is 0.385 e. The Kier molecular flexibility index (Phi) is 7.02. The molecule has 0 aromatic carbocycles. The Labute approximate surface area is 154 Å². The van der Waals surface area contributed by atoms with Crippen LogP contribution in [0.5, 0.6) is 0 Å². The number of anilines is 2. The second kappa shape index (κ2) is 9.68. The maximum atomic E-state index is 12.3. The van der Waals surface area contributed by atoms with E-state index in [0.717, 1.165) is 70.2 Å². The maximum Gasteiger partial charge on any atom is 0.223 e. The molecule has 0 aliphatic carbocycles. The second-order valence-electron chi connectivity index (χ2n) is 6.73. The van der Waals surface area contributed by atoms with E-state index >= 15 is 0 Å². The summed E-state index contributed by atoms with van der Waals surface area (Å²) in [6.45, 7) is 6.22. The van der Waals surface area contributed by atoms with Gasteiger partial charge in [-0.15, -0.1) is 0 Å². The molecule has 8 nitrogen and oxygen atoms in total. The summed E-state index contributed by atoms with van der Waals surface area (Å²) < 4.78 is 10.5. The first-order valence-electron chi connectivity index (χ1n) is 9.44. The SMILES string of the molecule is COCCCNC(=O)C1CCN(c2cncnc2N2CCOCC2)CC1. The molecule has 1 N–H and O–H groups in total. The highest BCUT2D eigenvalue weighted by Gasteiger charge is 2.27. The molecule has 2 aliphatic rings. The topological polar surface area (TPSA) is 79.8 Å². The lowest BCUT2D eigenvalue weighted by atomic mass is 9.95. The van der Waals surface area contributed by atoms with Crippen LogP contribution in [0.3, 0.4) is 0 Å². The Hall–Kier alpha value is -1.93. The molecule has 1 aromatic rings. The van der Waals surface area contributed by atoms with Crippen LogP contribution in [0.4, 0.5) is 11.5 Å². The molecule has 8 heteroatoms. The molecule has 2 aliphatic heterocycles. The maximum absolute atomic E-state index is 12.3. The zero-order valence-electron chi connectivity index (χ0n) is 15.5. The van der Waals surface area contributed by atoms with Crippen molar-refractivity contribution in [3.05, 3.63) is 12.5 Å². The monoisotopic (exact) mass is 363 g/mol. The number of hydrogen-bond donors (Lipinski definition) is 1. The third kappa shape index (κ3) is 4.82. The Morgan fingerprint density at radius 3 is 2.77 bits per heavy atom. The molecule has 2 fully saturated rings. The number of methoxy groups -OCH3 is 1. The van der Waals surface area contributed by atoms with Crippen molar-refractivity contribution in [3.63, 3.8) is 0 Å². The fourth-order valence-electron chi connectivity index (χ4n) is 3.51. The molecular formula is C18H29N5O3. The molecule has 3 heterocycles. The van der Waals surface area contributed by atoms with Gasteiger partial charge in [-0.1, -0.05) is 0 Å². The van der Waals surface area contributed by atoms with Crippen molar-refractivity contribution >= 4 is 17.4 Å². The van der Waals surface area contributed by atoms with E-state index in [4.69, 9.17) is 9.47 Å². The molecule has 0 saturated carbocycles. The summed E-state index contributed by atoms with van der Waals surface area (Å²) in [4.78, 5) is 25.6. The minimum Gasteiger partial charge on any atom is -0.385 e. The number of ether oxygens (including phenoxy) is 2. The molecule has 3 rings (SSSR count). The molecule has 1 aromatic heterocycles. The summed E-state index contributed by atoms with van der Waals surface area (Å²) in [6, 6.07) is 0. The van der Waals surface area contributed by atoms with Crippen LogP contribution in [0, 0.1) is 5.92 Å². The lowest BCUT2D eigenvalue weighted by molar-refractivity contribution is -0.125. The van der Waals surface area contributed by atoms with Gasteiger partial charge in [0, 0.05) is 52.4 Å². The fourth-order valence-corrected chi connectivity index (χ4v) is 3.51. The predicted molar refractivity (Wildman–Crippen MR) is 99.5 cm³/mol. The van der Waals surface area contributed by atoms with Crippen LogP contribution in [0.2, 0.25) is 0 Å². The van der Waals surface area contributed by atoms with Gasteiger partial charge in [-0.25, -0.2) is 9.97 Å². The standard InChI is InChI=1S/C18H29N5O3/c1-25-10-2-5-20-18(24)15-3-6-22(7-4-15)16-13-19-14-21-17(16)23-8-11-26-12-9-23/h13-15H,2-12H2,1H3,(H,20,24). The smallest absolute Gasteiger partial charge is 0.223 e. The van der Waals surface area contributed by atoms with E-state index in [1.807, 2.05) is 6.20 Å². The zero-order valence-corrected chi connectivity index (χ0v) is 15.5. The minimum atomic E-state index is 0.0882. The Bertz CT molecular complexity index is 572. The van der Waals surface area contributed by atoms with E-state index in [0.29, 0.717) is 13.2 Å². The van der Waals surface area contributed by atoms with Crippen LogP contribution in [0.25, 0.3) is 0 Å². The average molecular weight is 363 g/mol. The first kappa shape index (κ1) is 18.8. The van der Waals surface area contributed by atoms with Crippen LogP contribution in [0.1, 0.15) is 19.3 Å². The molecule has 0 unspecified atom stereocenters. The zero-order chi connectivity index (χ0) is 18.2. The Balaban J connectivity index is 1.54. The number of amides is 1. The number of carbonyl (C=O) groups is 1. The van der Waals surface area contributed by atoms with Gasteiger partial charge in [-0.05, 0) is 19.3 Å². The van der Waals surface area contributed by atoms with Crippen molar-refractivity contribution in [2.24, 2.45) is 5.92 Å². The summed E-state index contributed by atoms with van der Waals surface area (Å²) in [5, 5.41) is 3.02. The minimum absolute atomic E-state index is 0.0882. The van der Waals surface area contributed by atoms with Crippen LogP contribution in [-0.2, 0) is 14.3 Å². The third-order valence-corrected chi connectivity index (χ3v) is 5.01. The number of morpholine rings is 1. The highest BCUT2D eigenvalue weighted by molar-refractivity contribution is 5.79. The van der Waals surface area contributed by atoms with E-state index in [-0.39, 0.29) is 11.8 Å². The molecule has 2 saturated heterocycles. The van der Waals surface area contributed by atoms with Crippen LogP contribution < -0.4 is 15.1 Å². The van der Waals surface area contributed by atoms with E-state index in [2.05, 4.69) is 25.1 Å². The van der Waals surface area contributed by atoms with Crippen molar-refractivity contribution in [1.29, 1.82) is 0 Å². The molecule has 0 spiro atoms. The number of aromatic nitrogens is 2. The van der Waals surface area contributed by atoms with Crippen molar-refractivity contribution in [2.75, 3.05) is 69.5 Å². The quantitative estimate of drug-likeness (QED) is 0.714. The lowest BCUT2D eigenvalue weighted by Crippen LogP contribution is -2.42. The number of nitrogens with zero attached hydrogens (tertiary/aromatic N) is 4. The van der Waals surface area contributed by atoms with Gasteiger partial charge in [0.25, 0.3) is 0 Å². The van der Waals surface area contributed by atoms with Crippen molar-refractivity contribution < 1.29 is 14.3 Å². The summed E-state index contributed by atoms with van der Waals surface area (Å²) in [7, 11) is 1.68. The second-order valence-corrected chi connectivity index (χ2v) is 6.73. The predicted octanol–water partition coefficient (Wildman–Crippen LogP) is 0.682. The molecular weight excluding hydrogens is 334 g/mol. The van der Waals surface area contributed by atoms with Crippen molar-refractivity contribution in [3.8, 4) is 0 Å². The van der Waals surface area contributed by atoms with E-state index in [9.17, 15) is 4.79 Å². The molecule has 1 amide bonds. The number of piperidine rings is 1. The summed E-state index contributed by atoms with van der Waals surface area (Å²) in [6.07, 6.45) is 6.06. The highest BCUT2D eigenvalue weighted by Crippen LogP contribution is 2.30. The van der Waals surface area contributed by atoms with Gasteiger partial charge in [0.2, 0.25) is 5.91 Å². The van der Waals surface area contributed by atoms with E-state index in [1.54, 1.807) is 13.4 Å². The summed E-state index contributed by atoms with van der Waals surface area (Å²) in [5.74, 6) is 1.23. The highest BCUT2D eigenvalue weighted by atomic mass is 16.5. The van der Waals surface area contributed by atoms with Crippen molar-refractivity contribution in [2.45, 2.75) is 19.3 Å². The van der Waals surface area contributed by atoms with Crippen LogP contribution in [-0.4, -0.2) is 75.5 Å². The van der Waals surface area contributed by atoms with Crippen LogP contribution >= 0.6 is 0 Å². The van der Waals surface area contributed by atoms with E-state index in [1.165, 1.54) is 0 Å². The first-order valence-corrected chi connectivity index (χ1v) is 9.44. The molecule has 0 bridgehead atoms. The van der Waals surface area contributed by atoms with Gasteiger partial charge < -0.3 is 24.6 Å². The van der Waals surface area contributed by atoms with E-state index < -0.39 is 0 Å². The summed E-state index contributed by atoms with van der Waals surface area (Å²) in [5.41, 5.74) is 1.06. The number of carbonyl (C=O) groups excluding carboxylic acids is 1. The number of rotatable bonds is 7. The summed E-state index contributed by atoms with van der Waals surface area (Å²) >= 11 is 0. The molecule has 144 valence electrons. The lowest BCUT2D eigenvalue weighted by Gasteiger charge is -2.36. The third-order valence-electron chi connectivity index (χ3n) is 5.01. The molecule has 26 heavy (non-hydrogen) atoms. The van der Waals surface area contributed by atoms with Gasteiger partial charge in [0.05, 0.1) is 25.1 Å². The van der Waals surface area contributed by atoms with Crippen molar-refractivity contribution in [1.82, 2.24) is 15.3 Å².